The van der Waals surface area contributed by atoms with Crippen LogP contribution in [0.25, 0.3) is 11.0 Å². The van der Waals surface area contributed by atoms with Gasteiger partial charge in [-0.1, -0.05) is 0 Å². The number of carboxylic acids is 1. The largest absolute Gasteiger partial charge is 0.478 e. The van der Waals surface area contributed by atoms with E-state index in [0.29, 0.717) is 31.9 Å². The van der Waals surface area contributed by atoms with E-state index in [9.17, 15) is 4.79 Å². The summed E-state index contributed by atoms with van der Waals surface area (Å²) in [5.41, 5.74) is 1.86. The normalized spacial score (nSPS) is 19.4. The second kappa shape index (κ2) is 5.22. The Morgan fingerprint density at radius 2 is 2.35 bits per heavy atom. The van der Waals surface area contributed by atoms with E-state index >= 15 is 0 Å². The van der Waals surface area contributed by atoms with E-state index in [1.54, 1.807) is 18.2 Å². The molecule has 6 heteroatoms. The van der Waals surface area contributed by atoms with Gasteiger partial charge in [-0.3, -0.25) is 0 Å². The Bertz CT molecular complexity index is 644. The van der Waals surface area contributed by atoms with Crippen LogP contribution in [0.3, 0.4) is 0 Å². The Morgan fingerprint density at radius 1 is 1.50 bits per heavy atom. The molecule has 1 aromatic heterocycles. The first-order chi connectivity index (χ1) is 9.65. The third-order valence-corrected chi connectivity index (χ3v) is 3.46. The van der Waals surface area contributed by atoms with Crippen LogP contribution in [0.5, 0.6) is 0 Å². The number of aryl methyl sites for hydroxylation is 1. The number of imidazole rings is 1. The number of rotatable bonds is 3. The average molecular weight is 276 g/mol. The van der Waals surface area contributed by atoms with E-state index in [2.05, 4.69) is 4.98 Å². The van der Waals surface area contributed by atoms with E-state index in [1.165, 1.54) is 0 Å². The van der Waals surface area contributed by atoms with Crippen LogP contribution in [0, 0.1) is 6.92 Å². The summed E-state index contributed by atoms with van der Waals surface area (Å²) in [4.78, 5) is 15.4. The Morgan fingerprint density at radius 3 is 3.05 bits per heavy atom. The molecule has 0 amide bonds. The molecule has 0 spiro atoms. The highest BCUT2D eigenvalue weighted by Crippen LogP contribution is 2.19. The van der Waals surface area contributed by atoms with Gasteiger partial charge in [0.2, 0.25) is 0 Å². The van der Waals surface area contributed by atoms with Crippen molar-refractivity contribution in [3.63, 3.8) is 0 Å². The van der Waals surface area contributed by atoms with Gasteiger partial charge in [-0.2, -0.15) is 0 Å². The molecular formula is C14H16N2O4. The fourth-order valence-electron chi connectivity index (χ4n) is 2.46. The van der Waals surface area contributed by atoms with Crippen molar-refractivity contribution in [2.45, 2.75) is 19.6 Å². The molecule has 3 rings (SSSR count). The summed E-state index contributed by atoms with van der Waals surface area (Å²) in [6.07, 6.45) is 0.0130. The minimum Gasteiger partial charge on any atom is -0.478 e. The maximum absolute atomic E-state index is 11.0. The van der Waals surface area contributed by atoms with E-state index in [0.717, 1.165) is 11.3 Å². The number of ether oxygens (including phenoxy) is 2. The SMILES string of the molecule is Cc1nc2cc(C(=O)O)ccc2n1CC1COCCO1. The van der Waals surface area contributed by atoms with E-state index in [-0.39, 0.29) is 11.7 Å². The summed E-state index contributed by atoms with van der Waals surface area (Å²) >= 11 is 0. The van der Waals surface area contributed by atoms with E-state index < -0.39 is 5.97 Å². The van der Waals surface area contributed by atoms with Crippen molar-refractivity contribution in [1.82, 2.24) is 9.55 Å². The molecule has 2 aromatic rings. The standard InChI is InChI=1S/C14H16N2O4/c1-9-15-12-6-10(14(17)18)2-3-13(12)16(9)7-11-8-19-4-5-20-11/h2-3,6,11H,4-5,7-8H2,1H3,(H,17,18). The van der Waals surface area contributed by atoms with Gasteiger partial charge < -0.3 is 19.1 Å². The number of fused-ring (bicyclic) bond motifs is 1. The maximum Gasteiger partial charge on any atom is 0.335 e. The minimum absolute atomic E-state index is 0.0130. The fraction of sp³-hybridized carbons (Fsp3) is 0.429. The first kappa shape index (κ1) is 13.1. The van der Waals surface area contributed by atoms with Gasteiger partial charge in [0.05, 0.1) is 49.1 Å². The van der Waals surface area contributed by atoms with Crippen molar-refractivity contribution in [2.75, 3.05) is 19.8 Å². The molecule has 1 N–H and O–H groups in total. The molecule has 1 fully saturated rings. The highest BCUT2D eigenvalue weighted by molar-refractivity contribution is 5.92. The molecule has 0 saturated carbocycles. The highest BCUT2D eigenvalue weighted by Gasteiger charge is 2.18. The van der Waals surface area contributed by atoms with Crippen molar-refractivity contribution in [2.24, 2.45) is 0 Å². The molecule has 2 heterocycles. The summed E-state index contributed by atoms with van der Waals surface area (Å²) in [6.45, 7) is 4.40. The molecule has 1 aliphatic rings. The summed E-state index contributed by atoms with van der Waals surface area (Å²) in [6, 6.07) is 4.99. The number of hydrogen-bond donors (Lipinski definition) is 1. The molecule has 1 saturated heterocycles. The number of benzene rings is 1. The zero-order valence-corrected chi connectivity index (χ0v) is 11.2. The molecule has 0 bridgehead atoms. The topological polar surface area (TPSA) is 73.6 Å². The average Bonchev–Trinajstić information content (AvgIpc) is 2.75. The predicted molar refractivity (Wildman–Crippen MR) is 72.0 cm³/mol. The van der Waals surface area contributed by atoms with Crippen LogP contribution in [-0.4, -0.2) is 46.6 Å². The van der Waals surface area contributed by atoms with Crippen LogP contribution in [-0.2, 0) is 16.0 Å². The van der Waals surface area contributed by atoms with Gasteiger partial charge >= 0.3 is 5.97 Å². The lowest BCUT2D eigenvalue weighted by Crippen LogP contribution is -2.32. The Labute approximate surface area is 115 Å². The number of aromatic nitrogens is 2. The number of hydrogen-bond acceptors (Lipinski definition) is 4. The number of carbonyl (C=O) groups is 1. The van der Waals surface area contributed by atoms with Crippen LogP contribution in [0.4, 0.5) is 0 Å². The summed E-state index contributed by atoms with van der Waals surface area (Å²) in [7, 11) is 0. The van der Waals surface area contributed by atoms with Crippen molar-refractivity contribution in [3.05, 3.63) is 29.6 Å². The van der Waals surface area contributed by atoms with E-state index in [1.807, 2.05) is 11.5 Å². The van der Waals surface area contributed by atoms with Gasteiger partial charge in [0.1, 0.15) is 5.82 Å². The zero-order valence-electron chi connectivity index (χ0n) is 11.2. The summed E-state index contributed by atoms with van der Waals surface area (Å²) < 4.78 is 13.1. The Hall–Kier alpha value is -1.92. The van der Waals surface area contributed by atoms with Crippen LogP contribution in [0.15, 0.2) is 18.2 Å². The number of carboxylic acid groups (broad SMARTS) is 1. The molecule has 1 aromatic carbocycles. The summed E-state index contributed by atoms with van der Waals surface area (Å²) in [5, 5.41) is 9.01. The Kier molecular flexibility index (Phi) is 3.42. The van der Waals surface area contributed by atoms with Gasteiger partial charge in [0, 0.05) is 0 Å². The molecule has 0 aliphatic carbocycles. The van der Waals surface area contributed by atoms with Crippen LogP contribution in [0.2, 0.25) is 0 Å². The number of nitrogens with zero attached hydrogens (tertiary/aromatic N) is 2. The quantitative estimate of drug-likeness (QED) is 0.918. The molecule has 0 radical (unpaired) electrons. The highest BCUT2D eigenvalue weighted by atomic mass is 16.6. The third kappa shape index (κ3) is 2.39. The van der Waals surface area contributed by atoms with Crippen LogP contribution >= 0.6 is 0 Å². The lowest BCUT2D eigenvalue weighted by atomic mass is 10.2. The second-order valence-corrected chi connectivity index (χ2v) is 4.85. The number of aromatic carboxylic acids is 1. The van der Waals surface area contributed by atoms with E-state index in [4.69, 9.17) is 14.6 Å². The van der Waals surface area contributed by atoms with Crippen molar-refractivity contribution >= 4 is 17.0 Å². The zero-order chi connectivity index (χ0) is 14.1. The monoisotopic (exact) mass is 276 g/mol. The fourth-order valence-corrected chi connectivity index (χ4v) is 2.46. The molecule has 1 aliphatic heterocycles. The molecule has 6 nitrogen and oxygen atoms in total. The Balaban J connectivity index is 1.93. The van der Waals surface area contributed by atoms with Crippen LogP contribution < -0.4 is 0 Å². The van der Waals surface area contributed by atoms with Crippen molar-refractivity contribution in [1.29, 1.82) is 0 Å². The minimum atomic E-state index is -0.942. The first-order valence-electron chi connectivity index (χ1n) is 6.54. The maximum atomic E-state index is 11.0. The van der Waals surface area contributed by atoms with Gasteiger partial charge in [-0.15, -0.1) is 0 Å². The first-order valence-corrected chi connectivity index (χ1v) is 6.54. The lowest BCUT2D eigenvalue weighted by molar-refractivity contribution is -0.0934. The molecule has 106 valence electrons. The van der Waals surface area contributed by atoms with Crippen molar-refractivity contribution in [3.8, 4) is 0 Å². The smallest absolute Gasteiger partial charge is 0.335 e. The second-order valence-electron chi connectivity index (χ2n) is 4.85. The third-order valence-electron chi connectivity index (χ3n) is 3.46. The molecule has 1 unspecified atom stereocenters. The predicted octanol–water partition coefficient (Wildman–Crippen LogP) is 1.46. The lowest BCUT2D eigenvalue weighted by Gasteiger charge is -2.24. The van der Waals surface area contributed by atoms with Gasteiger partial charge in [0.15, 0.2) is 0 Å². The van der Waals surface area contributed by atoms with Gasteiger partial charge in [0.25, 0.3) is 0 Å². The van der Waals surface area contributed by atoms with Crippen molar-refractivity contribution < 1.29 is 19.4 Å². The summed E-state index contributed by atoms with van der Waals surface area (Å²) in [5.74, 6) is -0.0974. The molecular weight excluding hydrogens is 260 g/mol. The molecule has 20 heavy (non-hydrogen) atoms. The van der Waals surface area contributed by atoms with Gasteiger partial charge in [-0.25, -0.2) is 9.78 Å². The van der Waals surface area contributed by atoms with Gasteiger partial charge in [-0.05, 0) is 25.1 Å². The molecule has 1 atom stereocenters. The van der Waals surface area contributed by atoms with Crippen LogP contribution in [0.1, 0.15) is 16.2 Å².